The third-order valence-electron chi connectivity index (χ3n) is 5.46. The van der Waals surface area contributed by atoms with Crippen molar-refractivity contribution >= 4 is 0 Å². The van der Waals surface area contributed by atoms with Crippen molar-refractivity contribution in [2.45, 2.75) is 37.5 Å². The summed E-state index contributed by atoms with van der Waals surface area (Å²) in [5.41, 5.74) is -0.0447. The summed E-state index contributed by atoms with van der Waals surface area (Å²) in [4.78, 5) is 6.74. The predicted molar refractivity (Wildman–Crippen MR) is 76.1 cm³/mol. The minimum absolute atomic E-state index is 0.0447. The second kappa shape index (κ2) is 5.56. The average Bonchev–Trinajstić information content (AvgIpc) is 3.24. The van der Waals surface area contributed by atoms with Gasteiger partial charge in [-0.3, -0.25) is 4.90 Å². The molecule has 3 aliphatic heterocycles. The largest absolute Gasteiger partial charge is 0.396 e. The van der Waals surface area contributed by atoms with E-state index < -0.39 is 0 Å². The summed E-state index contributed by atoms with van der Waals surface area (Å²) < 4.78 is 16.6. The molecule has 1 N–H and O–H groups in total. The molecule has 1 spiro atoms. The molecule has 0 amide bonds. The Morgan fingerprint density at radius 3 is 3.23 bits per heavy atom. The minimum Gasteiger partial charge on any atom is -0.396 e. The number of aromatic nitrogens is 2. The third kappa shape index (κ3) is 2.27. The highest BCUT2D eigenvalue weighted by Crippen LogP contribution is 2.54. The second-order valence-corrected chi connectivity index (χ2v) is 6.73. The number of nitrogens with zero attached hydrogens (tertiary/aromatic N) is 3. The molecule has 2 bridgehead atoms. The molecule has 0 aromatic carbocycles. The van der Waals surface area contributed by atoms with Crippen molar-refractivity contribution in [1.82, 2.24) is 15.0 Å². The van der Waals surface area contributed by atoms with E-state index in [1.54, 1.807) is 7.11 Å². The molecule has 3 saturated heterocycles. The molecule has 22 heavy (non-hydrogen) atoms. The van der Waals surface area contributed by atoms with Gasteiger partial charge in [0, 0.05) is 45.1 Å². The van der Waals surface area contributed by atoms with Crippen molar-refractivity contribution in [3.63, 3.8) is 0 Å². The van der Waals surface area contributed by atoms with Gasteiger partial charge in [-0.05, 0) is 12.8 Å². The topological polar surface area (TPSA) is 80.9 Å². The van der Waals surface area contributed by atoms with E-state index in [-0.39, 0.29) is 18.3 Å². The molecule has 1 aromatic rings. The minimum atomic E-state index is -0.0447. The smallest absolute Gasteiger partial charge is 0.240 e. The van der Waals surface area contributed by atoms with Crippen molar-refractivity contribution < 1.29 is 19.1 Å². The van der Waals surface area contributed by atoms with Crippen molar-refractivity contribution in [3.8, 4) is 0 Å². The third-order valence-corrected chi connectivity index (χ3v) is 5.46. The lowest BCUT2D eigenvalue weighted by molar-refractivity contribution is -0.000332. The first-order valence-corrected chi connectivity index (χ1v) is 8.05. The summed E-state index contributed by atoms with van der Waals surface area (Å²) in [5, 5.41) is 13.6. The molecule has 122 valence electrons. The van der Waals surface area contributed by atoms with Crippen LogP contribution in [0.25, 0.3) is 0 Å². The zero-order chi connectivity index (χ0) is 15.2. The maximum atomic E-state index is 9.64. The van der Waals surface area contributed by atoms with Gasteiger partial charge in [-0.1, -0.05) is 5.16 Å². The standard InChI is InChI=1S/C15H23N3O4/c1-20-5-3-13-16-14(22-17-13)7-18-6-11-10(8-19)12-2-4-15(11,9-18)21-12/h10-12,19H,2-9H2,1H3/t10-,11+,12+,15+/m1/s1. The molecule has 1 aromatic heterocycles. The zero-order valence-electron chi connectivity index (χ0n) is 12.9. The summed E-state index contributed by atoms with van der Waals surface area (Å²) in [6.45, 7) is 3.33. The van der Waals surface area contributed by atoms with E-state index >= 15 is 0 Å². The van der Waals surface area contributed by atoms with Crippen LogP contribution in [-0.4, -0.2) is 65.3 Å². The van der Waals surface area contributed by atoms with Crippen LogP contribution < -0.4 is 0 Å². The Balaban J connectivity index is 1.40. The molecule has 0 radical (unpaired) electrons. The lowest BCUT2D eigenvalue weighted by Crippen LogP contribution is -2.37. The molecule has 0 unspecified atom stereocenters. The molecular weight excluding hydrogens is 286 g/mol. The van der Waals surface area contributed by atoms with Crippen molar-refractivity contribution in [3.05, 3.63) is 11.7 Å². The number of rotatable bonds is 6. The zero-order valence-corrected chi connectivity index (χ0v) is 12.9. The first-order valence-electron chi connectivity index (χ1n) is 8.05. The molecule has 0 saturated carbocycles. The van der Waals surface area contributed by atoms with Gasteiger partial charge in [-0.25, -0.2) is 0 Å². The number of ether oxygens (including phenoxy) is 2. The molecule has 4 heterocycles. The summed E-state index contributed by atoms with van der Waals surface area (Å²) in [5.74, 6) is 2.07. The van der Waals surface area contributed by atoms with Crippen LogP contribution in [0.1, 0.15) is 24.6 Å². The van der Waals surface area contributed by atoms with Crippen LogP contribution in [0.5, 0.6) is 0 Å². The van der Waals surface area contributed by atoms with Crippen molar-refractivity contribution in [1.29, 1.82) is 0 Å². The Morgan fingerprint density at radius 1 is 1.50 bits per heavy atom. The maximum absolute atomic E-state index is 9.64. The molecule has 7 heteroatoms. The number of hydrogen-bond acceptors (Lipinski definition) is 7. The van der Waals surface area contributed by atoms with Gasteiger partial charge in [0.1, 0.15) is 0 Å². The summed E-state index contributed by atoms with van der Waals surface area (Å²) >= 11 is 0. The van der Waals surface area contributed by atoms with Gasteiger partial charge in [0.05, 0.1) is 24.9 Å². The van der Waals surface area contributed by atoms with Gasteiger partial charge in [0.2, 0.25) is 5.89 Å². The monoisotopic (exact) mass is 309 g/mol. The van der Waals surface area contributed by atoms with Crippen LogP contribution in [-0.2, 0) is 22.4 Å². The summed E-state index contributed by atoms with van der Waals surface area (Å²) in [7, 11) is 1.66. The number of methoxy groups -OCH3 is 1. The highest BCUT2D eigenvalue weighted by Gasteiger charge is 2.62. The predicted octanol–water partition coefficient (Wildman–Crippen LogP) is 0.230. The Hall–Kier alpha value is -1.02. The van der Waals surface area contributed by atoms with Crippen molar-refractivity contribution in [2.24, 2.45) is 11.8 Å². The number of aliphatic hydroxyl groups excluding tert-OH is 1. The van der Waals surface area contributed by atoms with Gasteiger partial charge >= 0.3 is 0 Å². The number of fused-ring (bicyclic) bond motifs is 1. The van der Waals surface area contributed by atoms with Crippen LogP contribution in [0.2, 0.25) is 0 Å². The quantitative estimate of drug-likeness (QED) is 0.805. The van der Waals surface area contributed by atoms with E-state index in [0.717, 1.165) is 25.9 Å². The molecular formula is C15H23N3O4. The van der Waals surface area contributed by atoms with Crippen LogP contribution in [0, 0.1) is 11.8 Å². The lowest BCUT2D eigenvalue weighted by atomic mass is 9.74. The van der Waals surface area contributed by atoms with Gasteiger partial charge in [0.25, 0.3) is 0 Å². The van der Waals surface area contributed by atoms with E-state index in [1.165, 1.54) is 0 Å². The lowest BCUT2D eigenvalue weighted by Gasteiger charge is -2.28. The molecule has 7 nitrogen and oxygen atoms in total. The summed E-state index contributed by atoms with van der Waals surface area (Å²) in [6, 6.07) is 0. The van der Waals surface area contributed by atoms with Gasteiger partial charge in [-0.2, -0.15) is 4.98 Å². The van der Waals surface area contributed by atoms with Crippen molar-refractivity contribution in [2.75, 3.05) is 33.4 Å². The highest BCUT2D eigenvalue weighted by molar-refractivity contribution is 5.12. The molecule has 4 atom stereocenters. The van der Waals surface area contributed by atoms with E-state index in [1.807, 2.05) is 0 Å². The van der Waals surface area contributed by atoms with E-state index in [0.29, 0.717) is 43.1 Å². The van der Waals surface area contributed by atoms with Crippen LogP contribution in [0.4, 0.5) is 0 Å². The van der Waals surface area contributed by atoms with E-state index in [4.69, 9.17) is 14.0 Å². The second-order valence-electron chi connectivity index (χ2n) is 6.73. The van der Waals surface area contributed by atoms with Gasteiger partial charge in [0.15, 0.2) is 5.82 Å². The molecule has 3 fully saturated rings. The Bertz CT molecular complexity index is 537. The molecule has 0 aliphatic carbocycles. The fraction of sp³-hybridized carbons (Fsp3) is 0.867. The van der Waals surface area contributed by atoms with Gasteiger partial charge < -0.3 is 19.1 Å². The van der Waals surface area contributed by atoms with E-state index in [2.05, 4.69) is 15.0 Å². The first kappa shape index (κ1) is 14.6. The van der Waals surface area contributed by atoms with Gasteiger partial charge in [-0.15, -0.1) is 0 Å². The number of hydrogen-bond donors (Lipinski definition) is 1. The van der Waals surface area contributed by atoms with Crippen LogP contribution in [0.3, 0.4) is 0 Å². The average molecular weight is 309 g/mol. The van der Waals surface area contributed by atoms with Crippen LogP contribution in [0.15, 0.2) is 4.52 Å². The highest BCUT2D eigenvalue weighted by atomic mass is 16.5. The summed E-state index contributed by atoms with van der Waals surface area (Å²) in [6.07, 6.45) is 3.13. The fourth-order valence-corrected chi connectivity index (χ4v) is 4.49. The van der Waals surface area contributed by atoms with E-state index in [9.17, 15) is 5.11 Å². The fourth-order valence-electron chi connectivity index (χ4n) is 4.49. The number of aliphatic hydroxyl groups is 1. The Labute approximate surface area is 129 Å². The normalized spacial score (nSPS) is 37.1. The Morgan fingerprint density at radius 2 is 2.41 bits per heavy atom. The molecule has 3 aliphatic rings. The first-order chi connectivity index (χ1) is 10.7. The molecule has 4 rings (SSSR count). The van der Waals surface area contributed by atoms with Crippen LogP contribution >= 0.6 is 0 Å². The maximum Gasteiger partial charge on any atom is 0.240 e. The Kier molecular flexibility index (Phi) is 3.68. The number of likely N-dealkylation sites (tertiary alicyclic amines) is 1. The SMILES string of the molecule is COCCc1noc(CN2C[C@H]3[C@@H](CO)[C@@H]4CC[C@@]3(C2)O4)n1.